The maximum atomic E-state index is 12.6. The largest absolute Gasteiger partial charge is 0.381 e. The van der Waals surface area contributed by atoms with Gasteiger partial charge in [0.15, 0.2) is 0 Å². The summed E-state index contributed by atoms with van der Waals surface area (Å²) in [6, 6.07) is 8.01. The third-order valence-electron chi connectivity index (χ3n) is 4.25. The Hall–Kier alpha value is -1.10. The predicted molar refractivity (Wildman–Crippen MR) is 82.3 cm³/mol. The molecule has 0 radical (unpaired) electrons. The highest BCUT2D eigenvalue weighted by atomic mass is 35.5. The average molecular weight is 309 g/mol. The number of benzene rings is 1. The number of hydrogen-bond acceptors (Lipinski definition) is 3. The van der Waals surface area contributed by atoms with Crippen molar-refractivity contribution in [2.45, 2.75) is 18.9 Å². The number of halogens is 1. The van der Waals surface area contributed by atoms with Crippen molar-refractivity contribution >= 4 is 17.5 Å². The molecule has 2 fully saturated rings. The first kappa shape index (κ1) is 14.8. The highest BCUT2D eigenvalue weighted by Gasteiger charge is 2.30. The van der Waals surface area contributed by atoms with Gasteiger partial charge >= 0.3 is 0 Å². The van der Waals surface area contributed by atoms with Crippen LogP contribution in [0.25, 0.3) is 0 Å². The molecule has 3 rings (SSSR count). The van der Waals surface area contributed by atoms with Crippen molar-refractivity contribution in [2.75, 3.05) is 32.8 Å². The molecule has 2 saturated heterocycles. The molecule has 2 atom stereocenters. The van der Waals surface area contributed by atoms with Crippen LogP contribution in [0.15, 0.2) is 24.3 Å². The fourth-order valence-corrected chi connectivity index (χ4v) is 3.29. The molecule has 2 aliphatic heterocycles. The molecule has 2 unspecified atom stereocenters. The van der Waals surface area contributed by atoms with E-state index in [1.54, 1.807) is 0 Å². The number of hydrogen-bond donors (Lipinski definition) is 1. The van der Waals surface area contributed by atoms with Gasteiger partial charge in [-0.15, -0.1) is 0 Å². The van der Waals surface area contributed by atoms with Gasteiger partial charge in [-0.3, -0.25) is 4.79 Å². The molecule has 1 aromatic carbocycles. The summed E-state index contributed by atoms with van der Waals surface area (Å²) in [4.78, 5) is 14.6. The van der Waals surface area contributed by atoms with Crippen molar-refractivity contribution in [1.82, 2.24) is 10.2 Å². The molecule has 5 heteroatoms. The second-order valence-electron chi connectivity index (χ2n) is 5.76. The summed E-state index contributed by atoms with van der Waals surface area (Å²) in [5.41, 5.74) is 1.14. The topological polar surface area (TPSA) is 41.6 Å². The number of piperazine rings is 1. The summed E-state index contributed by atoms with van der Waals surface area (Å²) in [6.45, 7) is 3.65. The Bertz CT molecular complexity index is 503. The van der Waals surface area contributed by atoms with Gasteiger partial charge in [-0.25, -0.2) is 0 Å². The van der Waals surface area contributed by atoms with Gasteiger partial charge in [0.05, 0.1) is 12.5 Å². The van der Waals surface area contributed by atoms with E-state index in [4.69, 9.17) is 16.3 Å². The third kappa shape index (κ3) is 3.57. The van der Waals surface area contributed by atoms with Gasteiger partial charge in [-0.1, -0.05) is 23.7 Å². The molecule has 1 aromatic rings. The van der Waals surface area contributed by atoms with E-state index in [1.165, 1.54) is 0 Å². The number of carbonyl (C=O) groups is 1. The van der Waals surface area contributed by atoms with Crippen molar-refractivity contribution in [1.29, 1.82) is 0 Å². The lowest BCUT2D eigenvalue weighted by atomic mass is 9.98. The number of nitrogens with zero attached hydrogens (tertiary/aromatic N) is 1. The monoisotopic (exact) mass is 308 g/mol. The molecule has 0 aliphatic carbocycles. The molecule has 2 heterocycles. The quantitative estimate of drug-likeness (QED) is 0.911. The van der Waals surface area contributed by atoms with Crippen LogP contribution in [0.3, 0.4) is 0 Å². The zero-order chi connectivity index (χ0) is 14.7. The summed E-state index contributed by atoms with van der Waals surface area (Å²) in [5.74, 6) is 0.278. The lowest BCUT2D eigenvalue weighted by Gasteiger charge is -2.36. The Kier molecular flexibility index (Phi) is 4.78. The van der Waals surface area contributed by atoms with Gasteiger partial charge in [0.1, 0.15) is 0 Å². The molecule has 2 aliphatic rings. The molecule has 0 aromatic heterocycles. The first-order valence-corrected chi connectivity index (χ1v) is 7.97. The van der Waals surface area contributed by atoms with E-state index in [2.05, 4.69) is 11.4 Å². The summed E-state index contributed by atoms with van der Waals surface area (Å²) < 4.78 is 5.44. The van der Waals surface area contributed by atoms with Crippen LogP contribution in [-0.4, -0.2) is 43.7 Å². The second-order valence-corrected chi connectivity index (χ2v) is 6.20. The van der Waals surface area contributed by atoms with Crippen LogP contribution >= 0.6 is 11.6 Å². The van der Waals surface area contributed by atoms with Crippen LogP contribution in [-0.2, 0) is 9.53 Å². The van der Waals surface area contributed by atoms with Crippen molar-refractivity contribution in [3.05, 3.63) is 34.9 Å². The van der Waals surface area contributed by atoms with E-state index in [0.29, 0.717) is 13.2 Å². The predicted octanol–water partition coefficient (Wildman–Crippen LogP) is 2.24. The van der Waals surface area contributed by atoms with Gasteiger partial charge in [-0.2, -0.15) is 0 Å². The molecule has 1 amide bonds. The van der Waals surface area contributed by atoms with E-state index in [9.17, 15) is 4.79 Å². The number of rotatable bonds is 2. The van der Waals surface area contributed by atoms with E-state index in [0.717, 1.165) is 43.1 Å². The lowest BCUT2D eigenvalue weighted by molar-refractivity contribution is -0.141. The minimum Gasteiger partial charge on any atom is -0.381 e. The molecular weight excluding hydrogens is 288 g/mol. The number of carbonyl (C=O) groups excluding carboxylic acids is 1. The number of amides is 1. The first-order valence-electron chi connectivity index (χ1n) is 7.59. The molecule has 0 spiro atoms. The van der Waals surface area contributed by atoms with Gasteiger partial charge < -0.3 is 15.0 Å². The van der Waals surface area contributed by atoms with Gasteiger partial charge in [-0.05, 0) is 30.5 Å². The zero-order valence-corrected chi connectivity index (χ0v) is 12.8. The molecule has 0 saturated carbocycles. The van der Waals surface area contributed by atoms with Crippen LogP contribution < -0.4 is 5.32 Å². The van der Waals surface area contributed by atoms with Crippen molar-refractivity contribution in [3.63, 3.8) is 0 Å². The standard InChI is InChI=1S/C16H21ClN2O2/c17-14-5-1-3-12(9-14)15-10-19(7-6-18-15)16(20)13-4-2-8-21-11-13/h1,3,5,9,13,15,18H,2,4,6-8,10-11H2. The molecule has 4 nitrogen and oxygen atoms in total. The fourth-order valence-electron chi connectivity index (χ4n) is 3.09. The normalized spacial score (nSPS) is 26.6. The Balaban J connectivity index is 1.66. The summed E-state index contributed by atoms with van der Waals surface area (Å²) >= 11 is 6.06. The first-order chi connectivity index (χ1) is 10.2. The van der Waals surface area contributed by atoms with E-state index >= 15 is 0 Å². The summed E-state index contributed by atoms with van der Waals surface area (Å²) in [7, 11) is 0. The molecular formula is C16H21ClN2O2. The smallest absolute Gasteiger partial charge is 0.228 e. The third-order valence-corrected chi connectivity index (χ3v) is 4.48. The van der Waals surface area contributed by atoms with E-state index in [-0.39, 0.29) is 17.9 Å². The number of nitrogens with one attached hydrogen (secondary N) is 1. The Morgan fingerprint density at radius 2 is 2.33 bits per heavy atom. The van der Waals surface area contributed by atoms with Crippen LogP contribution in [0, 0.1) is 5.92 Å². The zero-order valence-electron chi connectivity index (χ0n) is 12.1. The second kappa shape index (κ2) is 6.77. The minimum absolute atomic E-state index is 0.0388. The van der Waals surface area contributed by atoms with Crippen molar-refractivity contribution in [3.8, 4) is 0 Å². The maximum Gasteiger partial charge on any atom is 0.228 e. The lowest BCUT2D eigenvalue weighted by Crippen LogP contribution is -2.51. The summed E-state index contributed by atoms with van der Waals surface area (Å²) in [5, 5.41) is 4.20. The molecule has 114 valence electrons. The van der Waals surface area contributed by atoms with Crippen LogP contribution in [0.4, 0.5) is 0 Å². The SMILES string of the molecule is O=C(C1CCCOC1)N1CCNC(c2cccc(Cl)c2)C1. The Morgan fingerprint density at radius 3 is 3.10 bits per heavy atom. The van der Waals surface area contributed by atoms with Crippen LogP contribution in [0.2, 0.25) is 5.02 Å². The molecule has 1 N–H and O–H groups in total. The van der Waals surface area contributed by atoms with Crippen LogP contribution in [0.5, 0.6) is 0 Å². The van der Waals surface area contributed by atoms with E-state index in [1.807, 2.05) is 23.1 Å². The fraction of sp³-hybridized carbons (Fsp3) is 0.562. The van der Waals surface area contributed by atoms with Crippen molar-refractivity contribution < 1.29 is 9.53 Å². The van der Waals surface area contributed by atoms with Gasteiger partial charge in [0.25, 0.3) is 0 Å². The number of ether oxygens (including phenoxy) is 1. The van der Waals surface area contributed by atoms with E-state index < -0.39 is 0 Å². The maximum absolute atomic E-state index is 12.6. The minimum atomic E-state index is 0.0388. The van der Waals surface area contributed by atoms with Gasteiger partial charge in [0, 0.05) is 37.3 Å². The van der Waals surface area contributed by atoms with Gasteiger partial charge in [0.2, 0.25) is 5.91 Å². The highest BCUT2D eigenvalue weighted by molar-refractivity contribution is 6.30. The average Bonchev–Trinajstić information content (AvgIpc) is 2.55. The highest BCUT2D eigenvalue weighted by Crippen LogP contribution is 2.23. The molecule has 0 bridgehead atoms. The van der Waals surface area contributed by atoms with Crippen molar-refractivity contribution in [2.24, 2.45) is 5.92 Å². The van der Waals surface area contributed by atoms with Crippen LogP contribution in [0.1, 0.15) is 24.4 Å². The Labute approximate surface area is 130 Å². The molecule has 21 heavy (non-hydrogen) atoms. The Morgan fingerprint density at radius 1 is 1.43 bits per heavy atom. The summed E-state index contributed by atoms with van der Waals surface area (Å²) in [6.07, 6.45) is 1.94.